The Morgan fingerprint density at radius 2 is 2.12 bits per heavy atom. The molecule has 0 amide bonds. The molecule has 3 N–H and O–H groups in total. The molecular formula is C19H21FN2O3. The van der Waals surface area contributed by atoms with Crippen molar-refractivity contribution in [3.8, 4) is 11.5 Å². The van der Waals surface area contributed by atoms with Crippen LogP contribution in [0.15, 0.2) is 43.1 Å². The number of aliphatic hydroxyl groups is 1. The highest BCUT2D eigenvalue weighted by atomic mass is 19.1. The third kappa shape index (κ3) is 3.80. The second kappa shape index (κ2) is 7.81. The number of halogens is 1. The summed E-state index contributed by atoms with van der Waals surface area (Å²) in [5.41, 5.74) is 7.84. The van der Waals surface area contributed by atoms with Gasteiger partial charge in [-0.25, -0.2) is 9.37 Å². The van der Waals surface area contributed by atoms with Crippen LogP contribution < -0.4 is 15.2 Å². The third-order valence-electron chi connectivity index (χ3n) is 3.86. The van der Waals surface area contributed by atoms with E-state index in [1.165, 1.54) is 26.2 Å². The Morgan fingerprint density at radius 3 is 2.72 bits per heavy atom. The summed E-state index contributed by atoms with van der Waals surface area (Å²) < 4.78 is 24.6. The van der Waals surface area contributed by atoms with E-state index in [4.69, 9.17) is 15.2 Å². The average molecular weight is 344 g/mol. The van der Waals surface area contributed by atoms with Gasteiger partial charge in [0.05, 0.1) is 12.7 Å². The largest absolute Gasteiger partial charge is 0.496 e. The molecule has 1 aromatic carbocycles. The molecule has 0 fully saturated rings. The molecule has 0 saturated heterocycles. The first kappa shape index (κ1) is 18.5. The summed E-state index contributed by atoms with van der Waals surface area (Å²) in [6, 6.07) is 4.34. The van der Waals surface area contributed by atoms with Gasteiger partial charge in [0.25, 0.3) is 0 Å². The van der Waals surface area contributed by atoms with Gasteiger partial charge in [0.1, 0.15) is 11.6 Å². The molecule has 132 valence electrons. The van der Waals surface area contributed by atoms with Crippen molar-refractivity contribution >= 4 is 11.4 Å². The standard InChI is InChI=1S/C19H21FN2O3/c1-5-12(6-2)13-9-16(18(21)22-10-13)25-19(23)17-11(3)14(20)7-8-15(17)24-4/h5-10,19,23H,1H2,2-4H3,(H2,21,22)/b12-6+. The zero-order valence-corrected chi connectivity index (χ0v) is 14.4. The fourth-order valence-corrected chi connectivity index (χ4v) is 2.45. The van der Waals surface area contributed by atoms with Crippen molar-refractivity contribution in [2.75, 3.05) is 12.8 Å². The molecule has 0 aliphatic carbocycles. The molecule has 0 bridgehead atoms. The van der Waals surface area contributed by atoms with E-state index >= 15 is 0 Å². The second-order valence-electron chi connectivity index (χ2n) is 5.31. The Morgan fingerprint density at radius 1 is 1.40 bits per heavy atom. The van der Waals surface area contributed by atoms with Crippen molar-refractivity contribution < 1.29 is 19.0 Å². The number of nitrogens with two attached hydrogens (primary N) is 1. The van der Waals surface area contributed by atoms with Gasteiger partial charge < -0.3 is 20.3 Å². The smallest absolute Gasteiger partial charge is 0.228 e. The molecule has 1 aromatic heterocycles. The first-order valence-corrected chi connectivity index (χ1v) is 7.65. The maximum absolute atomic E-state index is 13.9. The first-order valence-electron chi connectivity index (χ1n) is 7.65. The molecule has 0 aliphatic rings. The van der Waals surface area contributed by atoms with Crippen molar-refractivity contribution in [3.05, 3.63) is 65.6 Å². The number of anilines is 1. The Bertz CT molecular complexity index is 819. The van der Waals surface area contributed by atoms with Gasteiger partial charge in [0.15, 0.2) is 11.6 Å². The van der Waals surface area contributed by atoms with E-state index in [9.17, 15) is 9.50 Å². The SMILES string of the molecule is C=C/C(=C\C)c1cnc(N)c(OC(O)c2c(OC)ccc(F)c2C)c1. The van der Waals surface area contributed by atoms with Crippen molar-refractivity contribution in [3.63, 3.8) is 0 Å². The number of methoxy groups -OCH3 is 1. The molecule has 1 heterocycles. The molecule has 6 heteroatoms. The second-order valence-corrected chi connectivity index (χ2v) is 5.31. The minimum absolute atomic E-state index is 0.107. The molecule has 1 unspecified atom stereocenters. The number of hydrogen-bond acceptors (Lipinski definition) is 5. The minimum atomic E-state index is -1.47. The van der Waals surface area contributed by atoms with Gasteiger partial charge >= 0.3 is 0 Å². The lowest BCUT2D eigenvalue weighted by Gasteiger charge is -2.20. The fourth-order valence-electron chi connectivity index (χ4n) is 2.45. The highest BCUT2D eigenvalue weighted by Crippen LogP contribution is 2.34. The van der Waals surface area contributed by atoms with E-state index in [2.05, 4.69) is 11.6 Å². The maximum Gasteiger partial charge on any atom is 0.228 e. The van der Waals surface area contributed by atoms with Crippen molar-refractivity contribution in [2.24, 2.45) is 0 Å². The fraction of sp³-hybridized carbons (Fsp3) is 0.211. The Labute approximate surface area is 146 Å². The summed E-state index contributed by atoms with van der Waals surface area (Å²) in [6.45, 7) is 7.14. The van der Waals surface area contributed by atoms with Gasteiger partial charge in [-0.3, -0.25) is 0 Å². The van der Waals surface area contributed by atoms with Crippen LogP contribution in [0.1, 0.15) is 29.9 Å². The van der Waals surface area contributed by atoms with Gasteiger partial charge in [0, 0.05) is 11.8 Å². The molecule has 0 aliphatic heterocycles. The number of rotatable bonds is 6. The van der Waals surface area contributed by atoms with Crippen LogP contribution in [-0.2, 0) is 0 Å². The van der Waals surface area contributed by atoms with E-state index < -0.39 is 12.1 Å². The van der Waals surface area contributed by atoms with E-state index in [-0.39, 0.29) is 22.7 Å². The van der Waals surface area contributed by atoms with E-state index in [0.717, 1.165) is 11.1 Å². The molecule has 2 aromatic rings. The summed E-state index contributed by atoms with van der Waals surface area (Å²) in [5.74, 6) is 0.128. The summed E-state index contributed by atoms with van der Waals surface area (Å²) >= 11 is 0. The quantitative estimate of drug-likeness (QED) is 0.616. The van der Waals surface area contributed by atoms with Gasteiger partial charge in [-0.05, 0) is 43.2 Å². The number of benzene rings is 1. The normalized spacial score (nSPS) is 12.6. The number of aromatic nitrogens is 1. The lowest BCUT2D eigenvalue weighted by Crippen LogP contribution is -2.12. The molecule has 0 spiro atoms. The number of nitrogen functional groups attached to an aromatic ring is 1. The number of pyridine rings is 1. The van der Waals surface area contributed by atoms with Crippen LogP contribution >= 0.6 is 0 Å². The predicted octanol–water partition coefficient (Wildman–Crippen LogP) is 3.78. The zero-order valence-electron chi connectivity index (χ0n) is 14.4. The topological polar surface area (TPSA) is 77.6 Å². The molecular weight excluding hydrogens is 323 g/mol. The average Bonchev–Trinajstić information content (AvgIpc) is 2.60. The Hall–Kier alpha value is -2.86. The summed E-state index contributed by atoms with van der Waals surface area (Å²) in [4.78, 5) is 4.07. The predicted molar refractivity (Wildman–Crippen MR) is 95.8 cm³/mol. The lowest BCUT2D eigenvalue weighted by molar-refractivity contribution is -0.0214. The number of aliphatic hydroxyl groups excluding tert-OH is 1. The highest BCUT2D eigenvalue weighted by Gasteiger charge is 2.21. The van der Waals surface area contributed by atoms with Crippen LogP contribution in [0.3, 0.4) is 0 Å². The van der Waals surface area contributed by atoms with E-state index in [0.29, 0.717) is 5.75 Å². The molecule has 1 atom stereocenters. The van der Waals surface area contributed by atoms with Crippen LogP contribution in [0.2, 0.25) is 0 Å². The van der Waals surface area contributed by atoms with Crippen molar-refractivity contribution in [1.29, 1.82) is 0 Å². The Balaban J connectivity index is 2.42. The van der Waals surface area contributed by atoms with E-state index in [1.807, 2.05) is 13.0 Å². The van der Waals surface area contributed by atoms with Crippen LogP contribution in [0, 0.1) is 12.7 Å². The third-order valence-corrected chi connectivity index (χ3v) is 3.86. The number of ether oxygens (including phenoxy) is 2. The van der Waals surface area contributed by atoms with Gasteiger partial charge in [0.2, 0.25) is 6.29 Å². The van der Waals surface area contributed by atoms with Crippen molar-refractivity contribution in [1.82, 2.24) is 4.98 Å². The van der Waals surface area contributed by atoms with Gasteiger partial charge in [-0.1, -0.05) is 18.7 Å². The lowest BCUT2D eigenvalue weighted by atomic mass is 10.1. The van der Waals surface area contributed by atoms with Crippen LogP contribution in [0.5, 0.6) is 11.5 Å². The number of hydrogen-bond donors (Lipinski definition) is 2. The monoisotopic (exact) mass is 344 g/mol. The molecule has 2 rings (SSSR count). The van der Waals surface area contributed by atoms with Crippen LogP contribution in [0.4, 0.5) is 10.2 Å². The summed E-state index contributed by atoms with van der Waals surface area (Å²) in [7, 11) is 1.43. The first-order chi connectivity index (χ1) is 11.9. The molecule has 0 radical (unpaired) electrons. The summed E-state index contributed by atoms with van der Waals surface area (Å²) in [6.07, 6.45) is 3.65. The van der Waals surface area contributed by atoms with Gasteiger partial charge in [-0.2, -0.15) is 0 Å². The van der Waals surface area contributed by atoms with Gasteiger partial charge in [-0.15, -0.1) is 0 Å². The molecule has 5 nitrogen and oxygen atoms in total. The molecule has 0 saturated carbocycles. The Kier molecular flexibility index (Phi) is 5.77. The molecule has 25 heavy (non-hydrogen) atoms. The van der Waals surface area contributed by atoms with E-state index in [1.54, 1.807) is 18.3 Å². The van der Waals surface area contributed by atoms with Crippen LogP contribution in [-0.4, -0.2) is 17.2 Å². The summed E-state index contributed by atoms with van der Waals surface area (Å²) in [5, 5.41) is 10.5. The number of nitrogens with zero attached hydrogens (tertiary/aromatic N) is 1. The zero-order chi connectivity index (χ0) is 18.6. The van der Waals surface area contributed by atoms with Crippen molar-refractivity contribution in [2.45, 2.75) is 20.1 Å². The minimum Gasteiger partial charge on any atom is -0.496 e. The number of allylic oxidation sites excluding steroid dienone is 3. The maximum atomic E-state index is 13.9. The highest BCUT2D eigenvalue weighted by molar-refractivity contribution is 5.74. The van der Waals surface area contributed by atoms with Crippen LogP contribution in [0.25, 0.3) is 5.57 Å².